The maximum absolute atomic E-state index is 5.71. The molecule has 1 aliphatic rings. The number of rotatable bonds is 9. The van der Waals surface area contributed by atoms with Crippen molar-refractivity contribution in [2.24, 2.45) is 0 Å². The van der Waals surface area contributed by atoms with Crippen molar-refractivity contribution < 1.29 is 4.57 Å². The molecule has 1 aliphatic heterocycles. The van der Waals surface area contributed by atoms with Gasteiger partial charge in [-0.2, -0.15) is 4.57 Å². The van der Waals surface area contributed by atoms with E-state index in [0.29, 0.717) is 5.92 Å². The number of allylic oxidation sites excluding steroid dienone is 1. The topological polar surface area (TPSA) is 21.7 Å². The summed E-state index contributed by atoms with van der Waals surface area (Å²) in [6.45, 7) is 18.4. The van der Waals surface area contributed by atoms with Crippen molar-refractivity contribution in [3.8, 4) is 39.6 Å². The lowest BCUT2D eigenvalue weighted by Crippen LogP contribution is -2.54. The Bertz CT molecular complexity index is 1810. The van der Waals surface area contributed by atoms with E-state index in [9.17, 15) is 0 Å². The first-order valence-electron chi connectivity index (χ1n) is 16.5. The van der Waals surface area contributed by atoms with E-state index in [1.807, 2.05) is 0 Å². The summed E-state index contributed by atoms with van der Waals surface area (Å²) >= 11 is 0. The summed E-state index contributed by atoms with van der Waals surface area (Å²) in [5.74, 6) is 2.48. The van der Waals surface area contributed by atoms with Gasteiger partial charge in [0.1, 0.15) is 5.69 Å². The summed E-state index contributed by atoms with van der Waals surface area (Å²) in [5, 5.41) is 5.71. The number of benzene rings is 4. The number of para-hydroxylation sites is 1. The number of hydrogen-bond acceptors (Lipinski definition) is 1. The minimum atomic E-state index is -0.412. The molecule has 224 valence electrons. The molecule has 5 aromatic rings. The second-order valence-corrected chi connectivity index (χ2v) is 12.5. The smallest absolute Gasteiger partial charge is 0.189 e. The van der Waals surface area contributed by atoms with Crippen LogP contribution in [0.4, 0.5) is 0 Å². The van der Waals surface area contributed by atoms with Crippen molar-refractivity contribution in [3.63, 3.8) is 0 Å². The highest BCUT2D eigenvalue weighted by atomic mass is 15.4. The zero-order valence-corrected chi connectivity index (χ0v) is 27.3. The van der Waals surface area contributed by atoms with Crippen LogP contribution in [-0.2, 0) is 17.4 Å². The van der Waals surface area contributed by atoms with Gasteiger partial charge in [-0.05, 0) is 72.1 Å². The molecule has 44 heavy (non-hydrogen) atoms. The summed E-state index contributed by atoms with van der Waals surface area (Å²) < 4.78 is 4.87. The van der Waals surface area contributed by atoms with Gasteiger partial charge in [-0.15, -0.1) is 0 Å². The molecular formula is C41H46N3+. The van der Waals surface area contributed by atoms with Crippen LogP contribution in [0.25, 0.3) is 39.6 Å². The third kappa shape index (κ3) is 4.24. The molecule has 0 radical (unpaired) electrons. The van der Waals surface area contributed by atoms with Crippen molar-refractivity contribution in [1.82, 2.24) is 9.78 Å². The normalized spacial score (nSPS) is 19.7. The number of aromatic nitrogens is 3. The molecule has 4 aromatic carbocycles. The molecule has 0 spiro atoms. The highest BCUT2D eigenvalue weighted by molar-refractivity contribution is 5.75. The molecule has 0 saturated carbocycles. The van der Waals surface area contributed by atoms with Crippen molar-refractivity contribution >= 4 is 0 Å². The van der Waals surface area contributed by atoms with Gasteiger partial charge in [0.2, 0.25) is 0 Å². The summed E-state index contributed by atoms with van der Waals surface area (Å²) in [5.41, 5.74) is 9.49. The molecule has 0 aliphatic carbocycles. The van der Waals surface area contributed by atoms with Crippen molar-refractivity contribution in [1.29, 1.82) is 0 Å². The molecule has 3 heteroatoms. The van der Waals surface area contributed by atoms with Crippen molar-refractivity contribution in [2.75, 3.05) is 0 Å². The Morgan fingerprint density at radius 2 is 1.45 bits per heavy atom. The third-order valence-electron chi connectivity index (χ3n) is 10.7. The van der Waals surface area contributed by atoms with Gasteiger partial charge >= 0.3 is 5.82 Å². The molecule has 3 unspecified atom stereocenters. The van der Waals surface area contributed by atoms with E-state index in [1.165, 1.54) is 44.6 Å². The summed E-state index contributed by atoms with van der Waals surface area (Å²) in [4.78, 5) is 0. The summed E-state index contributed by atoms with van der Waals surface area (Å²) in [7, 11) is 0. The molecule has 3 atom stereocenters. The standard InChI is InChI=1S/C41H46N3/c1-8-29(6)32-26-20-27-33(31-22-14-13-15-23-31)37(32)43-38(34-24-17-16-21-30(34)9-2)42-44-39(43)35-25-18-19-28-36(35)40(7,10-3)41(44,11-4)12-5/h11,13-29H,4,8-10,12H2,1-3,5-7H3/q+1. The molecule has 0 amide bonds. The lowest BCUT2D eigenvalue weighted by molar-refractivity contribution is -0.573. The number of fused-ring (bicyclic) bond motifs is 3. The minimum Gasteiger partial charge on any atom is -0.189 e. The van der Waals surface area contributed by atoms with Gasteiger partial charge in [-0.1, -0.05) is 138 Å². The van der Waals surface area contributed by atoms with E-state index >= 15 is 0 Å². The fraction of sp³-hybridized carbons (Fsp3) is 0.317. The molecule has 3 nitrogen and oxygen atoms in total. The highest BCUT2D eigenvalue weighted by Crippen LogP contribution is 2.54. The van der Waals surface area contributed by atoms with Crippen LogP contribution in [0, 0.1) is 0 Å². The Hall–Kier alpha value is -4.24. The van der Waals surface area contributed by atoms with Gasteiger partial charge in [0.05, 0.1) is 11.1 Å². The average molecular weight is 581 g/mol. The van der Waals surface area contributed by atoms with E-state index in [4.69, 9.17) is 5.10 Å². The molecule has 1 aromatic heterocycles. The predicted molar refractivity (Wildman–Crippen MR) is 184 cm³/mol. The molecular weight excluding hydrogens is 534 g/mol. The van der Waals surface area contributed by atoms with E-state index in [1.54, 1.807) is 0 Å². The minimum absolute atomic E-state index is 0.184. The Kier molecular flexibility index (Phi) is 7.92. The van der Waals surface area contributed by atoms with Crippen LogP contribution >= 0.6 is 0 Å². The molecule has 0 saturated heterocycles. The molecule has 0 fully saturated rings. The fourth-order valence-corrected chi connectivity index (χ4v) is 7.73. The Labute approximate surface area is 263 Å². The monoisotopic (exact) mass is 580 g/mol. The molecule has 0 N–H and O–H groups in total. The van der Waals surface area contributed by atoms with Gasteiger partial charge in [-0.3, -0.25) is 0 Å². The average Bonchev–Trinajstić information content (AvgIpc) is 3.49. The van der Waals surface area contributed by atoms with Gasteiger partial charge < -0.3 is 0 Å². The third-order valence-corrected chi connectivity index (χ3v) is 10.7. The van der Waals surface area contributed by atoms with Crippen LogP contribution in [-0.4, -0.2) is 9.78 Å². The second kappa shape index (κ2) is 11.7. The maximum atomic E-state index is 5.71. The first kappa shape index (κ1) is 29.8. The Balaban J connectivity index is 1.88. The summed E-state index contributed by atoms with van der Waals surface area (Å²) in [6, 6.07) is 35.5. The quantitative estimate of drug-likeness (QED) is 0.126. The van der Waals surface area contributed by atoms with Crippen molar-refractivity contribution in [3.05, 3.63) is 126 Å². The first-order chi connectivity index (χ1) is 21.4. The van der Waals surface area contributed by atoms with Gasteiger partial charge in [0.15, 0.2) is 5.54 Å². The highest BCUT2D eigenvalue weighted by Gasteiger charge is 2.58. The van der Waals surface area contributed by atoms with Crippen molar-refractivity contribution in [2.45, 2.75) is 84.1 Å². The largest absolute Gasteiger partial charge is 0.314 e. The zero-order valence-electron chi connectivity index (χ0n) is 27.3. The van der Waals surface area contributed by atoms with Gasteiger partial charge in [-0.25, -0.2) is 0 Å². The molecule has 6 rings (SSSR count). The van der Waals surface area contributed by atoms with Crippen LogP contribution < -0.4 is 4.57 Å². The number of aryl methyl sites for hydroxylation is 1. The second-order valence-electron chi connectivity index (χ2n) is 12.5. The van der Waals surface area contributed by atoms with E-state index < -0.39 is 5.54 Å². The lowest BCUT2D eigenvalue weighted by Gasteiger charge is -2.47. The van der Waals surface area contributed by atoms with Crippen LogP contribution in [0.1, 0.15) is 83.4 Å². The van der Waals surface area contributed by atoms with E-state index in [-0.39, 0.29) is 5.41 Å². The van der Waals surface area contributed by atoms with Crippen LogP contribution in [0.3, 0.4) is 0 Å². The van der Waals surface area contributed by atoms with Crippen LogP contribution in [0.2, 0.25) is 0 Å². The maximum Gasteiger partial charge on any atom is 0.314 e. The van der Waals surface area contributed by atoms with Gasteiger partial charge in [0, 0.05) is 16.1 Å². The summed E-state index contributed by atoms with van der Waals surface area (Å²) in [6.07, 6.45) is 6.02. The predicted octanol–water partition coefficient (Wildman–Crippen LogP) is 10.2. The number of hydrogen-bond donors (Lipinski definition) is 0. The Morgan fingerprint density at radius 3 is 2.11 bits per heavy atom. The van der Waals surface area contributed by atoms with E-state index in [0.717, 1.165) is 37.3 Å². The van der Waals surface area contributed by atoms with Crippen LogP contribution in [0.5, 0.6) is 0 Å². The Morgan fingerprint density at radius 1 is 0.795 bits per heavy atom. The first-order valence-corrected chi connectivity index (χ1v) is 16.5. The number of nitrogens with zero attached hydrogens (tertiary/aromatic N) is 3. The SMILES string of the molecule is C=CC1(CC)n2nc(-c3ccccc3CC)[n+](-c3c(-c4ccccc4)cccc3C(C)CC)c2-c2ccccc2C1(C)CC. The van der Waals surface area contributed by atoms with Gasteiger partial charge in [0.25, 0.3) is 5.82 Å². The fourth-order valence-electron chi connectivity index (χ4n) is 7.73. The van der Waals surface area contributed by atoms with E-state index in [2.05, 4.69) is 161 Å². The van der Waals surface area contributed by atoms with Crippen LogP contribution in [0.15, 0.2) is 110 Å². The zero-order chi connectivity index (χ0) is 31.1. The molecule has 2 heterocycles. The lowest BCUT2D eigenvalue weighted by atomic mass is 9.60. The molecule has 0 bridgehead atoms.